The summed E-state index contributed by atoms with van der Waals surface area (Å²) >= 11 is 0. The largest absolute Gasteiger partial charge is 0.488 e. The molecule has 0 aliphatic carbocycles. The molecule has 1 heterocycles. The average molecular weight is 475 g/mol. The van der Waals surface area contributed by atoms with Crippen LogP contribution in [0.1, 0.15) is 16.7 Å². The summed E-state index contributed by atoms with van der Waals surface area (Å²) in [6.45, 7) is 1.79. The lowest BCUT2D eigenvalue weighted by molar-refractivity contribution is -0.384. The van der Waals surface area contributed by atoms with Gasteiger partial charge < -0.3 is 4.74 Å². The van der Waals surface area contributed by atoms with Crippen LogP contribution in [-0.2, 0) is 16.2 Å². The van der Waals surface area contributed by atoms with Crippen LogP contribution in [0.5, 0.6) is 5.75 Å². The van der Waals surface area contributed by atoms with E-state index < -0.39 is 34.2 Å². The highest BCUT2D eigenvalue weighted by Crippen LogP contribution is 2.29. The van der Waals surface area contributed by atoms with Gasteiger partial charge in [0.2, 0.25) is 0 Å². The van der Waals surface area contributed by atoms with Crippen molar-refractivity contribution < 1.29 is 28.4 Å². The summed E-state index contributed by atoms with van der Waals surface area (Å²) < 4.78 is 18.9. The first-order valence-electron chi connectivity index (χ1n) is 10.4. The number of rotatable bonds is 6. The van der Waals surface area contributed by atoms with Crippen molar-refractivity contribution in [3.63, 3.8) is 0 Å². The molecule has 35 heavy (non-hydrogen) atoms. The summed E-state index contributed by atoms with van der Waals surface area (Å²) in [4.78, 5) is 49.6. The number of nitro groups is 1. The molecule has 0 saturated carbocycles. The second-order valence-corrected chi connectivity index (χ2v) is 7.69. The lowest BCUT2D eigenvalue weighted by atomic mass is 10.0. The van der Waals surface area contributed by atoms with E-state index in [0.717, 1.165) is 22.6 Å². The molecule has 4 amide bonds. The minimum atomic E-state index is -0.945. The van der Waals surface area contributed by atoms with Crippen molar-refractivity contribution in [1.29, 1.82) is 0 Å². The van der Waals surface area contributed by atoms with Crippen LogP contribution in [0.15, 0.2) is 72.3 Å². The Morgan fingerprint density at radius 3 is 2.49 bits per heavy atom. The van der Waals surface area contributed by atoms with Crippen molar-refractivity contribution in [1.82, 2.24) is 5.32 Å². The predicted octanol–water partition coefficient (Wildman–Crippen LogP) is 4.29. The highest BCUT2D eigenvalue weighted by atomic mass is 19.1. The molecular weight excluding hydrogens is 457 g/mol. The molecule has 1 N–H and O–H groups in total. The van der Waals surface area contributed by atoms with Crippen LogP contribution in [0.25, 0.3) is 6.08 Å². The van der Waals surface area contributed by atoms with Crippen LogP contribution >= 0.6 is 0 Å². The van der Waals surface area contributed by atoms with Crippen LogP contribution in [0, 0.1) is 22.9 Å². The van der Waals surface area contributed by atoms with E-state index in [1.165, 1.54) is 36.4 Å². The summed E-state index contributed by atoms with van der Waals surface area (Å²) in [5, 5.41) is 13.4. The first-order chi connectivity index (χ1) is 16.7. The Labute approximate surface area is 198 Å². The number of nitrogens with zero attached hydrogens (tertiary/aromatic N) is 2. The normalized spacial score (nSPS) is 14.7. The number of aryl methyl sites for hydroxylation is 1. The maximum atomic E-state index is 13.2. The molecule has 1 saturated heterocycles. The van der Waals surface area contributed by atoms with E-state index in [4.69, 9.17) is 4.74 Å². The number of carbonyl (C=O) groups is 3. The Bertz CT molecular complexity index is 1380. The summed E-state index contributed by atoms with van der Waals surface area (Å²) in [7, 11) is 0. The molecule has 1 aliphatic heterocycles. The first-order valence-corrected chi connectivity index (χ1v) is 10.4. The number of hydrogen-bond donors (Lipinski definition) is 1. The van der Waals surface area contributed by atoms with E-state index in [1.54, 1.807) is 31.2 Å². The summed E-state index contributed by atoms with van der Waals surface area (Å²) in [5.74, 6) is -2.10. The zero-order valence-corrected chi connectivity index (χ0v) is 18.4. The molecule has 3 aromatic carbocycles. The van der Waals surface area contributed by atoms with Gasteiger partial charge in [-0.3, -0.25) is 25.0 Å². The molecular formula is C25H18FN3O6. The lowest BCUT2D eigenvalue weighted by Gasteiger charge is -2.26. The fourth-order valence-electron chi connectivity index (χ4n) is 3.45. The van der Waals surface area contributed by atoms with Crippen LogP contribution in [0.2, 0.25) is 0 Å². The third-order valence-corrected chi connectivity index (χ3v) is 5.17. The molecule has 0 unspecified atom stereocenters. The van der Waals surface area contributed by atoms with Crippen molar-refractivity contribution >= 4 is 35.3 Å². The van der Waals surface area contributed by atoms with Gasteiger partial charge in [-0.05, 0) is 54.5 Å². The number of imide groups is 2. The number of anilines is 1. The third kappa shape index (κ3) is 5.06. The SMILES string of the molecule is Cc1cccc(N2C(=O)NC(=O)/C(=C\c3cc([N+](=O)[O-])ccc3OCc3ccc(F)cc3)C2=O)c1. The van der Waals surface area contributed by atoms with E-state index >= 15 is 0 Å². The number of benzene rings is 3. The number of amides is 4. The predicted molar refractivity (Wildman–Crippen MR) is 124 cm³/mol. The second-order valence-electron chi connectivity index (χ2n) is 7.69. The van der Waals surface area contributed by atoms with E-state index in [0.29, 0.717) is 5.56 Å². The summed E-state index contributed by atoms with van der Waals surface area (Å²) in [6, 6.07) is 15.0. The van der Waals surface area contributed by atoms with Crippen LogP contribution in [0.4, 0.5) is 20.6 Å². The zero-order chi connectivity index (χ0) is 25.1. The monoisotopic (exact) mass is 475 g/mol. The number of non-ortho nitro benzene ring substituents is 1. The van der Waals surface area contributed by atoms with E-state index in [9.17, 15) is 28.9 Å². The van der Waals surface area contributed by atoms with Gasteiger partial charge >= 0.3 is 6.03 Å². The molecule has 1 fully saturated rings. The van der Waals surface area contributed by atoms with Crippen molar-refractivity contribution in [2.75, 3.05) is 4.90 Å². The summed E-state index contributed by atoms with van der Waals surface area (Å²) in [6.07, 6.45) is 1.14. The van der Waals surface area contributed by atoms with Crippen molar-refractivity contribution in [2.45, 2.75) is 13.5 Å². The van der Waals surface area contributed by atoms with Gasteiger partial charge in [0, 0.05) is 17.7 Å². The molecule has 9 nitrogen and oxygen atoms in total. The minimum absolute atomic E-state index is 0.00229. The van der Waals surface area contributed by atoms with E-state index in [1.807, 2.05) is 0 Å². The number of ether oxygens (including phenoxy) is 1. The highest BCUT2D eigenvalue weighted by Gasteiger charge is 2.37. The number of hydrogen-bond acceptors (Lipinski definition) is 6. The molecule has 3 aromatic rings. The number of urea groups is 1. The molecule has 0 atom stereocenters. The molecule has 0 bridgehead atoms. The van der Waals surface area contributed by atoms with Crippen molar-refractivity contribution in [3.05, 3.63) is 105 Å². The Kier molecular flexibility index (Phi) is 6.36. The third-order valence-electron chi connectivity index (χ3n) is 5.17. The molecule has 4 rings (SSSR count). The minimum Gasteiger partial charge on any atom is -0.488 e. The smallest absolute Gasteiger partial charge is 0.335 e. The Morgan fingerprint density at radius 1 is 1.06 bits per heavy atom. The standard InChI is InChI=1S/C25H18FN3O6/c1-15-3-2-4-19(11-15)28-24(31)21(23(30)27-25(28)32)13-17-12-20(29(33)34)9-10-22(17)35-14-16-5-7-18(26)8-6-16/h2-13H,14H2,1H3,(H,27,30,32)/b21-13+. The highest BCUT2D eigenvalue weighted by molar-refractivity contribution is 6.39. The van der Waals surface area contributed by atoms with Gasteiger partial charge in [0.25, 0.3) is 17.5 Å². The van der Waals surface area contributed by atoms with Gasteiger partial charge in [-0.1, -0.05) is 24.3 Å². The number of nitrogens with one attached hydrogen (secondary N) is 1. The molecule has 176 valence electrons. The fourth-order valence-corrected chi connectivity index (χ4v) is 3.45. The maximum Gasteiger partial charge on any atom is 0.335 e. The lowest BCUT2D eigenvalue weighted by Crippen LogP contribution is -2.54. The Morgan fingerprint density at radius 2 is 1.80 bits per heavy atom. The number of nitro benzene ring substituents is 1. The number of halogens is 1. The van der Waals surface area contributed by atoms with Crippen LogP contribution in [0.3, 0.4) is 0 Å². The van der Waals surface area contributed by atoms with Crippen LogP contribution in [-0.4, -0.2) is 22.8 Å². The Hall–Kier alpha value is -4.86. The average Bonchev–Trinajstić information content (AvgIpc) is 2.81. The Balaban J connectivity index is 1.72. The van der Waals surface area contributed by atoms with Gasteiger partial charge in [0.05, 0.1) is 10.6 Å². The van der Waals surface area contributed by atoms with Gasteiger partial charge in [-0.2, -0.15) is 0 Å². The molecule has 0 spiro atoms. The molecule has 0 radical (unpaired) electrons. The van der Waals surface area contributed by atoms with Crippen LogP contribution < -0.4 is 15.0 Å². The molecule has 1 aliphatic rings. The second kappa shape index (κ2) is 9.56. The first kappa shape index (κ1) is 23.3. The van der Waals surface area contributed by atoms with E-state index in [-0.39, 0.29) is 29.3 Å². The van der Waals surface area contributed by atoms with Gasteiger partial charge in [0.15, 0.2) is 0 Å². The summed E-state index contributed by atoms with van der Waals surface area (Å²) in [5.41, 5.74) is 1.07. The molecule has 10 heteroatoms. The van der Waals surface area contributed by atoms with Gasteiger partial charge in [-0.15, -0.1) is 0 Å². The fraction of sp³-hybridized carbons (Fsp3) is 0.0800. The van der Waals surface area contributed by atoms with Gasteiger partial charge in [0.1, 0.15) is 23.7 Å². The van der Waals surface area contributed by atoms with E-state index in [2.05, 4.69) is 5.32 Å². The van der Waals surface area contributed by atoms with Crippen molar-refractivity contribution in [2.24, 2.45) is 0 Å². The number of barbiturate groups is 1. The quantitative estimate of drug-likeness (QED) is 0.246. The van der Waals surface area contributed by atoms with Crippen molar-refractivity contribution in [3.8, 4) is 5.75 Å². The number of carbonyl (C=O) groups excluding carboxylic acids is 3. The topological polar surface area (TPSA) is 119 Å². The molecule has 0 aromatic heterocycles. The van der Waals surface area contributed by atoms with Gasteiger partial charge in [-0.25, -0.2) is 14.1 Å². The maximum absolute atomic E-state index is 13.2. The zero-order valence-electron chi connectivity index (χ0n) is 18.4.